The van der Waals surface area contributed by atoms with Crippen molar-refractivity contribution in [1.82, 2.24) is 0 Å². The van der Waals surface area contributed by atoms with Crippen LogP contribution in [0, 0.1) is 0 Å². The molecule has 4 nitrogen and oxygen atoms in total. The maximum absolute atomic E-state index is 13.0. The van der Waals surface area contributed by atoms with Crippen molar-refractivity contribution in [3.63, 3.8) is 0 Å². The fourth-order valence-corrected chi connectivity index (χ4v) is 3.86. The molecule has 27 heavy (non-hydrogen) atoms. The van der Waals surface area contributed by atoms with Crippen molar-refractivity contribution in [2.24, 2.45) is 0 Å². The Morgan fingerprint density at radius 1 is 0.889 bits per heavy atom. The molecule has 0 bridgehead atoms. The number of phenols is 2. The minimum atomic E-state index is -4.53. The van der Waals surface area contributed by atoms with Gasteiger partial charge in [-0.3, -0.25) is 0 Å². The number of carboxylic acid groups (broad SMARTS) is 1. The molecule has 1 saturated carbocycles. The lowest BCUT2D eigenvalue weighted by Gasteiger charge is -2.30. The van der Waals surface area contributed by atoms with Gasteiger partial charge in [0.05, 0.1) is 11.1 Å². The second kappa shape index (κ2) is 7.13. The van der Waals surface area contributed by atoms with Gasteiger partial charge in [0, 0.05) is 6.07 Å². The van der Waals surface area contributed by atoms with Crippen LogP contribution >= 0.6 is 0 Å². The quantitative estimate of drug-likeness (QED) is 0.679. The van der Waals surface area contributed by atoms with Crippen molar-refractivity contribution in [3.05, 3.63) is 58.7 Å². The van der Waals surface area contributed by atoms with Gasteiger partial charge in [-0.05, 0) is 72.9 Å². The van der Waals surface area contributed by atoms with E-state index in [9.17, 15) is 33.3 Å². The SMILES string of the molecule is O=C(O)c1ccc(C(F)(F)F)cc1C1CCC(c2ccc(O)cc2O)CC1. The molecule has 144 valence electrons. The fourth-order valence-electron chi connectivity index (χ4n) is 3.86. The predicted octanol–water partition coefficient (Wildman–Crippen LogP) is 5.26. The summed E-state index contributed by atoms with van der Waals surface area (Å²) in [5.41, 5.74) is -0.0424. The zero-order chi connectivity index (χ0) is 19.8. The lowest BCUT2D eigenvalue weighted by Crippen LogP contribution is -2.16. The first-order valence-corrected chi connectivity index (χ1v) is 8.63. The molecular formula is C20H19F3O4. The molecule has 0 saturated heterocycles. The highest BCUT2D eigenvalue weighted by atomic mass is 19.4. The van der Waals surface area contributed by atoms with Gasteiger partial charge in [0.15, 0.2) is 0 Å². The number of hydrogen-bond acceptors (Lipinski definition) is 3. The van der Waals surface area contributed by atoms with Gasteiger partial charge in [-0.2, -0.15) is 13.2 Å². The molecule has 3 rings (SSSR count). The molecule has 2 aromatic carbocycles. The van der Waals surface area contributed by atoms with Gasteiger partial charge < -0.3 is 15.3 Å². The van der Waals surface area contributed by atoms with E-state index in [-0.39, 0.29) is 34.5 Å². The molecule has 3 N–H and O–H groups in total. The summed E-state index contributed by atoms with van der Waals surface area (Å²) in [7, 11) is 0. The molecule has 0 unspecified atom stereocenters. The van der Waals surface area contributed by atoms with Crippen molar-refractivity contribution < 1.29 is 33.3 Å². The maximum Gasteiger partial charge on any atom is 0.416 e. The van der Waals surface area contributed by atoms with Crippen LogP contribution in [0.25, 0.3) is 0 Å². The van der Waals surface area contributed by atoms with Gasteiger partial charge in [0.2, 0.25) is 0 Å². The minimum Gasteiger partial charge on any atom is -0.508 e. The Morgan fingerprint density at radius 3 is 2.00 bits per heavy atom. The Bertz CT molecular complexity index is 853. The molecule has 0 spiro atoms. The number of rotatable bonds is 3. The minimum absolute atomic E-state index is 0.0104. The van der Waals surface area contributed by atoms with Crippen LogP contribution in [0.5, 0.6) is 11.5 Å². The van der Waals surface area contributed by atoms with Gasteiger partial charge in [-0.15, -0.1) is 0 Å². The van der Waals surface area contributed by atoms with E-state index >= 15 is 0 Å². The first kappa shape index (κ1) is 19.1. The number of aromatic carboxylic acids is 1. The third-order valence-electron chi connectivity index (χ3n) is 5.23. The Hall–Kier alpha value is -2.70. The Morgan fingerprint density at radius 2 is 1.48 bits per heavy atom. The summed E-state index contributed by atoms with van der Waals surface area (Å²) < 4.78 is 39.1. The number of aromatic hydroxyl groups is 2. The van der Waals surface area contributed by atoms with E-state index in [1.54, 1.807) is 6.07 Å². The number of halogens is 3. The van der Waals surface area contributed by atoms with Crippen LogP contribution in [0.4, 0.5) is 13.2 Å². The second-order valence-electron chi connectivity index (χ2n) is 6.90. The van der Waals surface area contributed by atoms with Crippen molar-refractivity contribution in [3.8, 4) is 11.5 Å². The van der Waals surface area contributed by atoms with Crippen molar-refractivity contribution in [2.75, 3.05) is 0 Å². The molecule has 0 amide bonds. The van der Waals surface area contributed by atoms with Gasteiger partial charge in [-0.25, -0.2) is 4.79 Å². The highest BCUT2D eigenvalue weighted by molar-refractivity contribution is 5.89. The number of alkyl halides is 3. The monoisotopic (exact) mass is 380 g/mol. The van der Waals surface area contributed by atoms with Gasteiger partial charge in [-0.1, -0.05) is 6.07 Å². The maximum atomic E-state index is 13.0. The van der Waals surface area contributed by atoms with E-state index in [2.05, 4.69) is 0 Å². The van der Waals surface area contributed by atoms with Gasteiger partial charge in [0.25, 0.3) is 0 Å². The number of benzene rings is 2. The molecule has 1 aliphatic carbocycles. The molecule has 0 aromatic heterocycles. The molecule has 2 aromatic rings. The summed E-state index contributed by atoms with van der Waals surface area (Å²) in [4.78, 5) is 11.4. The van der Waals surface area contributed by atoms with Gasteiger partial charge >= 0.3 is 12.1 Å². The highest BCUT2D eigenvalue weighted by Crippen LogP contribution is 2.45. The van der Waals surface area contributed by atoms with Crippen LogP contribution in [-0.4, -0.2) is 21.3 Å². The first-order chi connectivity index (χ1) is 12.7. The smallest absolute Gasteiger partial charge is 0.416 e. The van der Waals surface area contributed by atoms with Crippen molar-refractivity contribution in [2.45, 2.75) is 43.7 Å². The first-order valence-electron chi connectivity index (χ1n) is 8.63. The molecule has 0 aliphatic heterocycles. The van der Waals surface area contributed by atoms with Crippen molar-refractivity contribution >= 4 is 5.97 Å². The highest BCUT2D eigenvalue weighted by Gasteiger charge is 2.34. The van der Waals surface area contributed by atoms with E-state index in [1.165, 1.54) is 12.1 Å². The number of phenolic OH excluding ortho intramolecular Hbond substituents is 2. The molecule has 7 heteroatoms. The van der Waals surface area contributed by atoms with Gasteiger partial charge in [0.1, 0.15) is 11.5 Å². The fraction of sp³-hybridized carbons (Fsp3) is 0.350. The van der Waals surface area contributed by atoms with E-state index in [0.29, 0.717) is 31.2 Å². The molecule has 1 aliphatic rings. The lowest BCUT2D eigenvalue weighted by molar-refractivity contribution is -0.137. The predicted molar refractivity (Wildman–Crippen MR) is 92.1 cm³/mol. The zero-order valence-electron chi connectivity index (χ0n) is 14.3. The largest absolute Gasteiger partial charge is 0.508 e. The summed E-state index contributed by atoms with van der Waals surface area (Å²) in [6.07, 6.45) is -2.27. The molecule has 0 heterocycles. The van der Waals surface area contributed by atoms with Crippen LogP contribution in [-0.2, 0) is 6.18 Å². The molecular weight excluding hydrogens is 361 g/mol. The van der Waals surface area contributed by atoms with E-state index < -0.39 is 17.7 Å². The van der Waals surface area contributed by atoms with Crippen LogP contribution in [0.3, 0.4) is 0 Å². The third-order valence-corrected chi connectivity index (χ3v) is 5.23. The average Bonchev–Trinajstić information content (AvgIpc) is 2.60. The van der Waals surface area contributed by atoms with Crippen LogP contribution < -0.4 is 0 Å². The Balaban J connectivity index is 1.84. The van der Waals surface area contributed by atoms with Crippen molar-refractivity contribution in [1.29, 1.82) is 0 Å². The second-order valence-corrected chi connectivity index (χ2v) is 6.90. The van der Waals surface area contributed by atoms with E-state index in [4.69, 9.17) is 0 Å². The molecule has 0 atom stereocenters. The van der Waals surface area contributed by atoms with Crippen LogP contribution in [0.15, 0.2) is 36.4 Å². The number of carbonyl (C=O) groups is 1. The summed E-state index contributed by atoms with van der Waals surface area (Å²) in [5.74, 6) is -1.56. The van der Waals surface area contributed by atoms with Crippen LogP contribution in [0.2, 0.25) is 0 Å². The standard InChI is InChI=1S/C20H19F3O4/c21-20(22,23)13-5-7-16(19(26)27)17(9-13)12-3-1-11(2-4-12)15-8-6-14(24)10-18(15)25/h5-12,24-25H,1-4H2,(H,26,27). The third kappa shape index (κ3) is 4.02. The summed E-state index contributed by atoms with van der Waals surface area (Å²) in [5, 5.41) is 28.7. The number of hydrogen-bond donors (Lipinski definition) is 3. The Labute approximate surface area is 153 Å². The normalized spacial score (nSPS) is 20.4. The van der Waals surface area contributed by atoms with Crippen LogP contribution in [0.1, 0.15) is 64.6 Å². The summed E-state index contributed by atoms with van der Waals surface area (Å²) >= 11 is 0. The lowest BCUT2D eigenvalue weighted by atomic mass is 9.74. The Kier molecular flexibility index (Phi) is 5.04. The summed E-state index contributed by atoms with van der Waals surface area (Å²) in [6, 6.07) is 7.16. The molecule has 0 radical (unpaired) electrons. The van der Waals surface area contributed by atoms with E-state index in [1.807, 2.05) is 0 Å². The topological polar surface area (TPSA) is 77.8 Å². The zero-order valence-corrected chi connectivity index (χ0v) is 14.3. The average molecular weight is 380 g/mol. The molecule has 1 fully saturated rings. The number of carboxylic acids is 1. The summed E-state index contributed by atoms with van der Waals surface area (Å²) in [6.45, 7) is 0. The van der Waals surface area contributed by atoms with E-state index in [0.717, 1.165) is 18.2 Å².